The van der Waals surface area contributed by atoms with Crippen molar-refractivity contribution in [2.75, 3.05) is 29.9 Å². The lowest BCUT2D eigenvalue weighted by atomic mass is 10.1. The summed E-state index contributed by atoms with van der Waals surface area (Å²) in [7, 11) is 0. The zero-order chi connectivity index (χ0) is 19.2. The van der Waals surface area contributed by atoms with E-state index in [1.807, 2.05) is 24.3 Å². The van der Waals surface area contributed by atoms with Gasteiger partial charge in [0.05, 0.1) is 0 Å². The van der Waals surface area contributed by atoms with E-state index in [1.54, 1.807) is 12.3 Å². The van der Waals surface area contributed by atoms with Crippen molar-refractivity contribution in [3.63, 3.8) is 0 Å². The van der Waals surface area contributed by atoms with Crippen LogP contribution in [0, 0.1) is 6.92 Å². The average molecular weight is 389 g/mol. The van der Waals surface area contributed by atoms with Crippen LogP contribution in [0.4, 0.5) is 11.4 Å². The molecule has 1 aliphatic heterocycles. The highest BCUT2D eigenvalue weighted by atomic mass is 32.1. The number of ether oxygens (including phenoxy) is 1. The summed E-state index contributed by atoms with van der Waals surface area (Å²) < 4.78 is 6.29. The Morgan fingerprint density at radius 1 is 1.15 bits per heavy atom. The summed E-state index contributed by atoms with van der Waals surface area (Å²) in [5.74, 6) is -1.03. The van der Waals surface area contributed by atoms with Crippen molar-refractivity contribution < 1.29 is 14.3 Å². The molecule has 0 unspecified atom stereocenters. The standard InChI is InChI=1S/C19H23N3O4S/c1-14-13-27-19(25)22(14)11-18(24)26-12-17(23)20-15-5-7-16(8-6-15)21-9-3-2-4-10-21/h5-8,13H,2-4,9-12H2,1H3,(H,20,23). The maximum absolute atomic E-state index is 12.0. The van der Waals surface area contributed by atoms with E-state index in [1.165, 1.54) is 23.8 Å². The van der Waals surface area contributed by atoms with Crippen LogP contribution in [0.2, 0.25) is 0 Å². The highest BCUT2D eigenvalue weighted by molar-refractivity contribution is 7.07. The molecule has 1 fully saturated rings. The van der Waals surface area contributed by atoms with Gasteiger partial charge in [-0.1, -0.05) is 11.3 Å². The van der Waals surface area contributed by atoms with Gasteiger partial charge in [-0.2, -0.15) is 0 Å². The second kappa shape index (κ2) is 8.85. The topological polar surface area (TPSA) is 80.6 Å². The Bertz CT molecular complexity index is 851. The number of anilines is 2. The first-order valence-electron chi connectivity index (χ1n) is 8.98. The van der Waals surface area contributed by atoms with Crippen LogP contribution in [-0.4, -0.2) is 36.1 Å². The van der Waals surface area contributed by atoms with Gasteiger partial charge in [0.1, 0.15) is 6.54 Å². The van der Waals surface area contributed by atoms with E-state index in [-0.39, 0.29) is 18.0 Å². The fourth-order valence-corrected chi connectivity index (χ4v) is 3.76. The van der Waals surface area contributed by atoms with Crippen molar-refractivity contribution in [3.05, 3.63) is 45.0 Å². The predicted octanol–water partition coefficient (Wildman–Crippen LogP) is 2.39. The van der Waals surface area contributed by atoms with Gasteiger partial charge in [0.25, 0.3) is 5.91 Å². The van der Waals surface area contributed by atoms with E-state index in [4.69, 9.17) is 4.74 Å². The summed E-state index contributed by atoms with van der Waals surface area (Å²) in [6.07, 6.45) is 3.70. The van der Waals surface area contributed by atoms with Crippen molar-refractivity contribution in [1.82, 2.24) is 4.57 Å². The molecule has 0 atom stereocenters. The zero-order valence-corrected chi connectivity index (χ0v) is 16.1. The quantitative estimate of drug-likeness (QED) is 0.768. The fraction of sp³-hybridized carbons (Fsp3) is 0.421. The van der Waals surface area contributed by atoms with Crippen molar-refractivity contribution in [2.24, 2.45) is 0 Å². The summed E-state index contributed by atoms with van der Waals surface area (Å²) >= 11 is 1.03. The molecule has 0 bridgehead atoms. The maximum Gasteiger partial charge on any atom is 0.326 e. The predicted molar refractivity (Wildman–Crippen MR) is 105 cm³/mol. The number of hydrogen-bond donors (Lipinski definition) is 1. The van der Waals surface area contributed by atoms with E-state index in [0.29, 0.717) is 11.4 Å². The third-order valence-corrected chi connectivity index (χ3v) is 5.38. The van der Waals surface area contributed by atoms with Gasteiger partial charge in [0, 0.05) is 35.5 Å². The van der Waals surface area contributed by atoms with Crippen LogP contribution in [0.3, 0.4) is 0 Å². The van der Waals surface area contributed by atoms with Gasteiger partial charge < -0.3 is 15.0 Å². The first kappa shape index (κ1) is 19.2. The SMILES string of the molecule is Cc1csc(=O)n1CC(=O)OCC(=O)Nc1ccc(N2CCCCC2)cc1. The van der Waals surface area contributed by atoms with E-state index in [0.717, 1.165) is 30.1 Å². The molecule has 1 aromatic carbocycles. The monoisotopic (exact) mass is 389 g/mol. The Labute approximate surface area is 161 Å². The molecule has 1 aliphatic rings. The third-order valence-electron chi connectivity index (χ3n) is 4.50. The van der Waals surface area contributed by atoms with Gasteiger partial charge >= 0.3 is 10.8 Å². The number of aromatic nitrogens is 1. The first-order valence-corrected chi connectivity index (χ1v) is 9.86. The highest BCUT2D eigenvalue weighted by Gasteiger charge is 2.13. The van der Waals surface area contributed by atoms with Gasteiger partial charge in [-0.15, -0.1) is 0 Å². The molecule has 2 heterocycles. The number of amides is 1. The van der Waals surface area contributed by atoms with Gasteiger partial charge in [-0.25, -0.2) is 0 Å². The van der Waals surface area contributed by atoms with E-state index < -0.39 is 11.9 Å². The number of carbonyl (C=O) groups excluding carboxylic acids is 2. The van der Waals surface area contributed by atoms with Crippen LogP contribution >= 0.6 is 11.3 Å². The molecule has 0 aliphatic carbocycles. The molecule has 7 nitrogen and oxygen atoms in total. The number of carbonyl (C=O) groups is 2. The van der Waals surface area contributed by atoms with Crippen molar-refractivity contribution >= 4 is 34.6 Å². The van der Waals surface area contributed by atoms with Crippen LogP contribution in [0.5, 0.6) is 0 Å². The molecule has 0 saturated carbocycles. The number of benzene rings is 1. The van der Waals surface area contributed by atoms with Crippen LogP contribution in [0.1, 0.15) is 25.0 Å². The first-order chi connectivity index (χ1) is 13.0. The van der Waals surface area contributed by atoms with Crippen LogP contribution in [0.15, 0.2) is 34.4 Å². The minimum absolute atomic E-state index is 0.189. The van der Waals surface area contributed by atoms with E-state index >= 15 is 0 Å². The number of hydrogen-bond acceptors (Lipinski definition) is 6. The molecule has 3 rings (SSSR count). The minimum Gasteiger partial charge on any atom is -0.454 e. The lowest BCUT2D eigenvalue weighted by molar-refractivity contribution is -0.147. The number of nitrogens with one attached hydrogen (secondary N) is 1. The van der Waals surface area contributed by atoms with Gasteiger partial charge in [0.15, 0.2) is 6.61 Å². The molecule has 1 N–H and O–H groups in total. The molecule has 2 aromatic rings. The fourth-order valence-electron chi connectivity index (χ4n) is 3.02. The number of piperidine rings is 1. The number of thiazole rings is 1. The Morgan fingerprint density at radius 3 is 2.48 bits per heavy atom. The maximum atomic E-state index is 12.0. The number of rotatable bonds is 6. The largest absolute Gasteiger partial charge is 0.454 e. The summed E-state index contributed by atoms with van der Waals surface area (Å²) in [4.78, 5) is 37.5. The lowest BCUT2D eigenvalue weighted by Crippen LogP contribution is -2.29. The van der Waals surface area contributed by atoms with Crippen LogP contribution < -0.4 is 15.1 Å². The highest BCUT2D eigenvalue weighted by Crippen LogP contribution is 2.21. The van der Waals surface area contributed by atoms with Gasteiger partial charge in [0.2, 0.25) is 0 Å². The third kappa shape index (κ3) is 5.19. The molecule has 27 heavy (non-hydrogen) atoms. The average Bonchev–Trinajstić information content (AvgIpc) is 3.00. The van der Waals surface area contributed by atoms with Gasteiger partial charge in [-0.05, 0) is 50.5 Å². The smallest absolute Gasteiger partial charge is 0.326 e. The Balaban J connectivity index is 1.46. The van der Waals surface area contributed by atoms with Crippen molar-refractivity contribution in [2.45, 2.75) is 32.7 Å². The molecule has 8 heteroatoms. The van der Waals surface area contributed by atoms with E-state index in [2.05, 4.69) is 10.2 Å². The summed E-state index contributed by atoms with van der Waals surface area (Å²) in [6.45, 7) is 3.30. The zero-order valence-electron chi connectivity index (χ0n) is 15.3. The molecular weight excluding hydrogens is 366 g/mol. The summed E-state index contributed by atoms with van der Waals surface area (Å²) in [5, 5.41) is 4.38. The Morgan fingerprint density at radius 2 is 1.85 bits per heavy atom. The summed E-state index contributed by atoms with van der Waals surface area (Å²) in [6, 6.07) is 7.66. The molecule has 1 amide bonds. The Hall–Kier alpha value is -2.61. The molecule has 0 radical (unpaired) electrons. The van der Waals surface area contributed by atoms with Crippen molar-refractivity contribution in [1.29, 1.82) is 0 Å². The molecule has 144 valence electrons. The van der Waals surface area contributed by atoms with Crippen LogP contribution in [0.25, 0.3) is 0 Å². The second-order valence-electron chi connectivity index (χ2n) is 6.53. The molecule has 1 aromatic heterocycles. The Kier molecular flexibility index (Phi) is 6.28. The molecular formula is C19H23N3O4S. The summed E-state index contributed by atoms with van der Waals surface area (Å²) in [5.41, 5.74) is 2.50. The molecule has 1 saturated heterocycles. The normalized spacial score (nSPS) is 14.0. The van der Waals surface area contributed by atoms with Crippen molar-refractivity contribution in [3.8, 4) is 0 Å². The van der Waals surface area contributed by atoms with Crippen LogP contribution in [-0.2, 0) is 20.9 Å². The van der Waals surface area contributed by atoms with E-state index in [9.17, 15) is 14.4 Å². The second-order valence-corrected chi connectivity index (χ2v) is 7.35. The number of esters is 1. The number of aryl methyl sites for hydroxylation is 1. The number of nitrogens with zero attached hydrogens (tertiary/aromatic N) is 2. The van der Waals surface area contributed by atoms with Gasteiger partial charge in [-0.3, -0.25) is 19.0 Å². The minimum atomic E-state index is -0.616. The molecule has 0 spiro atoms. The lowest BCUT2D eigenvalue weighted by Gasteiger charge is -2.28.